The largest absolute Gasteiger partial charge is 0.340 e. The molecule has 0 aliphatic heterocycles. The number of aromatic nitrogens is 2. The average molecular weight is 285 g/mol. The molecule has 0 saturated carbocycles. The third-order valence-corrected chi connectivity index (χ3v) is 3.45. The van der Waals surface area contributed by atoms with Crippen LogP contribution in [0, 0.1) is 6.92 Å². The Bertz CT molecular complexity index is 610. The van der Waals surface area contributed by atoms with Crippen LogP contribution >= 0.6 is 0 Å². The maximum Gasteiger partial charge on any atom is 0.148 e. The molecule has 2 aromatic rings. The molecule has 2 rings (SSSR count). The second kappa shape index (κ2) is 7.04. The maximum atomic E-state index is 5.57. The number of benzene rings is 1. The number of hydrogen-bond acceptors (Lipinski definition) is 5. The zero-order valence-electron chi connectivity index (χ0n) is 12.9. The molecule has 4 N–H and O–H groups in total. The number of hydrogen-bond donors (Lipinski definition) is 3. The van der Waals surface area contributed by atoms with E-state index in [-0.39, 0.29) is 0 Å². The smallest absolute Gasteiger partial charge is 0.148 e. The van der Waals surface area contributed by atoms with E-state index in [2.05, 4.69) is 46.7 Å². The van der Waals surface area contributed by atoms with Gasteiger partial charge in [-0.3, -0.25) is 0 Å². The van der Waals surface area contributed by atoms with Gasteiger partial charge in [-0.05, 0) is 31.4 Å². The zero-order chi connectivity index (χ0) is 15.2. The van der Waals surface area contributed by atoms with Crippen molar-refractivity contribution in [1.29, 1.82) is 0 Å². The van der Waals surface area contributed by atoms with E-state index in [1.807, 2.05) is 19.1 Å². The van der Waals surface area contributed by atoms with Crippen LogP contribution in [0.3, 0.4) is 0 Å². The molecule has 5 heteroatoms. The Morgan fingerprint density at radius 2 is 1.81 bits per heavy atom. The first-order valence-electron chi connectivity index (χ1n) is 7.38. The van der Waals surface area contributed by atoms with E-state index >= 15 is 0 Å². The van der Waals surface area contributed by atoms with E-state index in [4.69, 9.17) is 5.84 Å². The Morgan fingerprint density at radius 3 is 2.48 bits per heavy atom. The number of hydrazine groups is 1. The summed E-state index contributed by atoms with van der Waals surface area (Å²) in [5.74, 6) is 7.84. The van der Waals surface area contributed by atoms with Gasteiger partial charge in [-0.1, -0.05) is 32.0 Å². The molecular weight excluding hydrogens is 262 g/mol. The molecule has 0 unspecified atom stereocenters. The number of anilines is 3. The lowest BCUT2D eigenvalue weighted by Crippen LogP contribution is -2.14. The predicted octanol–water partition coefficient (Wildman–Crippen LogP) is 3.33. The van der Waals surface area contributed by atoms with E-state index in [1.54, 1.807) is 0 Å². The first-order valence-corrected chi connectivity index (χ1v) is 7.38. The van der Waals surface area contributed by atoms with Gasteiger partial charge in [0, 0.05) is 17.7 Å². The number of aryl methyl sites for hydroxylation is 2. The van der Waals surface area contributed by atoms with Gasteiger partial charge in [0.1, 0.15) is 17.5 Å². The SMILES string of the molecule is CCCc1nc(NN)c(C)c(Nc2ccccc2CC)n1. The Kier molecular flexibility index (Phi) is 5.11. The first-order chi connectivity index (χ1) is 10.2. The van der Waals surface area contributed by atoms with E-state index in [0.29, 0.717) is 5.82 Å². The lowest BCUT2D eigenvalue weighted by molar-refractivity contribution is 0.833. The number of para-hydroxylation sites is 1. The Morgan fingerprint density at radius 1 is 1.10 bits per heavy atom. The van der Waals surface area contributed by atoms with Gasteiger partial charge in [0.05, 0.1) is 0 Å². The van der Waals surface area contributed by atoms with Crippen molar-refractivity contribution in [3.05, 3.63) is 41.2 Å². The van der Waals surface area contributed by atoms with Crippen LogP contribution in [0.25, 0.3) is 0 Å². The van der Waals surface area contributed by atoms with Gasteiger partial charge >= 0.3 is 0 Å². The topological polar surface area (TPSA) is 75.9 Å². The van der Waals surface area contributed by atoms with Crippen molar-refractivity contribution < 1.29 is 0 Å². The fourth-order valence-electron chi connectivity index (χ4n) is 2.24. The summed E-state index contributed by atoms with van der Waals surface area (Å²) in [6, 6.07) is 8.25. The van der Waals surface area contributed by atoms with E-state index < -0.39 is 0 Å². The highest BCUT2D eigenvalue weighted by molar-refractivity contribution is 5.66. The van der Waals surface area contributed by atoms with Crippen LogP contribution < -0.4 is 16.6 Å². The lowest BCUT2D eigenvalue weighted by atomic mass is 10.1. The second-order valence-electron chi connectivity index (χ2n) is 4.99. The Balaban J connectivity index is 2.40. The van der Waals surface area contributed by atoms with Crippen LogP contribution in [-0.4, -0.2) is 9.97 Å². The third kappa shape index (κ3) is 3.49. The lowest BCUT2D eigenvalue weighted by Gasteiger charge is -2.15. The standard InChI is InChI=1S/C16H23N5/c1-4-8-14-19-15(11(3)16(20-14)21-17)18-13-10-7-6-9-12(13)5-2/h6-7,9-10H,4-5,8,17H2,1-3H3,(H2,18,19,20,21). The van der Waals surface area contributed by atoms with E-state index in [1.165, 1.54) is 5.56 Å². The Hall–Kier alpha value is -2.14. The molecule has 0 fully saturated rings. The van der Waals surface area contributed by atoms with Crippen LogP contribution in [0.1, 0.15) is 37.2 Å². The van der Waals surface area contributed by atoms with Crippen molar-refractivity contribution in [3.63, 3.8) is 0 Å². The summed E-state index contributed by atoms with van der Waals surface area (Å²) in [7, 11) is 0. The third-order valence-electron chi connectivity index (χ3n) is 3.45. The molecule has 0 spiro atoms. The van der Waals surface area contributed by atoms with Gasteiger partial charge in [0.2, 0.25) is 0 Å². The van der Waals surface area contributed by atoms with Gasteiger partial charge in [-0.15, -0.1) is 0 Å². The number of nitrogens with one attached hydrogen (secondary N) is 2. The summed E-state index contributed by atoms with van der Waals surface area (Å²) in [5.41, 5.74) is 5.91. The summed E-state index contributed by atoms with van der Waals surface area (Å²) >= 11 is 0. The number of rotatable bonds is 6. The molecule has 21 heavy (non-hydrogen) atoms. The molecule has 1 aromatic heterocycles. The minimum atomic E-state index is 0.671. The van der Waals surface area contributed by atoms with Crippen LogP contribution in [-0.2, 0) is 12.8 Å². The van der Waals surface area contributed by atoms with Crippen LogP contribution in [0.2, 0.25) is 0 Å². The van der Waals surface area contributed by atoms with Crippen LogP contribution in [0.15, 0.2) is 24.3 Å². The van der Waals surface area contributed by atoms with Gasteiger partial charge in [0.15, 0.2) is 0 Å². The van der Waals surface area contributed by atoms with Gasteiger partial charge < -0.3 is 10.7 Å². The summed E-state index contributed by atoms with van der Waals surface area (Å²) in [6.07, 6.45) is 2.80. The number of nitrogen functional groups attached to an aromatic ring is 1. The molecule has 0 radical (unpaired) electrons. The Labute approximate surface area is 126 Å². The normalized spacial score (nSPS) is 10.5. The molecule has 0 atom stereocenters. The highest BCUT2D eigenvalue weighted by Gasteiger charge is 2.11. The van der Waals surface area contributed by atoms with Crippen molar-refractivity contribution in [1.82, 2.24) is 9.97 Å². The van der Waals surface area contributed by atoms with Crippen molar-refractivity contribution in [2.24, 2.45) is 5.84 Å². The van der Waals surface area contributed by atoms with Crippen molar-refractivity contribution in [3.8, 4) is 0 Å². The molecular formula is C16H23N5. The van der Waals surface area contributed by atoms with E-state index in [0.717, 1.165) is 42.2 Å². The molecule has 1 aromatic carbocycles. The summed E-state index contributed by atoms with van der Waals surface area (Å²) in [5, 5.41) is 3.42. The highest BCUT2D eigenvalue weighted by Crippen LogP contribution is 2.25. The molecule has 5 nitrogen and oxygen atoms in total. The molecule has 1 heterocycles. The van der Waals surface area contributed by atoms with Gasteiger partial charge in [-0.25, -0.2) is 15.8 Å². The molecule has 0 aliphatic rings. The summed E-state index contributed by atoms with van der Waals surface area (Å²) < 4.78 is 0. The van der Waals surface area contributed by atoms with Crippen LogP contribution in [0.4, 0.5) is 17.3 Å². The monoisotopic (exact) mass is 285 g/mol. The molecule has 0 amide bonds. The van der Waals surface area contributed by atoms with E-state index in [9.17, 15) is 0 Å². The molecule has 0 aliphatic carbocycles. The molecule has 0 bridgehead atoms. The minimum Gasteiger partial charge on any atom is -0.340 e. The maximum absolute atomic E-state index is 5.57. The minimum absolute atomic E-state index is 0.671. The van der Waals surface area contributed by atoms with Crippen molar-refractivity contribution in [2.45, 2.75) is 40.0 Å². The quantitative estimate of drug-likeness (QED) is 0.560. The second-order valence-corrected chi connectivity index (χ2v) is 4.99. The molecule has 0 saturated heterocycles. The fraction of sp³-hybridized carbons (Fsp3) is 0.375. The van der Waals surface area contributed by atoms with Crippen LogP contribution in [0.5, 0.6) is 0 Å². The predicted molar refractivity (Wildman–Crippen MR) is 87.7 cm³/mol. The molecule has 112 valence electrons. The van der Waals surface area contributed by atoms with Gasteiger partial charge in [0.25, 0.3) is 0 Å². The van der Waals surface area contributed by atoms with Gasteiger partial charge in [-0.2, -0.15) is 0 Å². The first kappa shape index (κ1) is 15.3. The average Bonchev–Trinajstić information content (AvgIpc) is 2.51. The fourth-order valence-corrected chi connectivity index (χ4v) is 2.24. The van der Waals surface area contributed by atoms with Crippen molar-refractivity contribution in [2.75, 3.05) is 10.7 Å². The number of nitrogens with zero attached hydrogens (tertiary/aromatic N) is 2. The number of nitrogens with two attached hydrogens (primary N) is 1. The summed E-state index contributed by atoms with van der Waals surface area (Å²) in [6.45, 7) is 6.21. The van der Waals surface area contributed by atoms with Crippen molar-refractivity contribution >= 4 is 17.3 Å². The highest BCUT2D eigenvalue weighted by atomic mass is 15.3. The summed E-state index contributed by atoms with van der Waals surface area (Å²) in [4.78, 5) is 9.06. The zero-order valence-corrected chi connectivity index (χ0v) is 12.9.